The highest BCUT2D eigenvalue weighted by molar-refractivity contribution is 6.32. The van der Waals surface area contributed by atoms with Gasteiger partial charge in [0.15, 0.2) is 0 Å². The van der Waals surface area contributed by atoms with Gasteiger partial charge in [-0.15, -0.1) is 0 Å². The number of benzene rings is 1. The smallest absolute Gasteiger partial charge is 0.139 e. The van der Waals surface area contributed by atoms with Crippen LogP contribution in [-0.2, 0) is 4.74 Å². The third kappa shape index (κ3) is 2.55. The molecular weight excluding hydrogens is 214 g/mol. The molecule has 1 unspecified atom stereocenters. The predicted octanol–water partition coefficient (Wildman–Crippen LogP) is 2.55. The second-order valence-electron chi connectivity index (χ2n) is 3.55. The van der Waals surface area contributed by atoms with Gasteiger partial charge in [-0.05, 0) is 18.6 Å². The Labute approximate surface area is 94.3 Å². The van der Waals surface area contributed by atoms with Gasteiger partial charge in [-0.3, -0.25) is 0 Å². The van der Waals surface area contributed by atoms with Crippen LogP contribution in [0.15, 0.2) is 18.2 Å². The van der Waals surface area contributed by atoms with Crippen molar-refractivity contribution in [3.63, 3.8) is 0 Å². The lowest BCUT2D eigenvalue weighted by atomic mass is 10.2. The van der Waals surface area contributed by atoms with Gasteiger partial charge in [0.2, 0.25) is 0 Å². The molecule has 0 aromatic heterocycles. The molecule has 2 rings (SSSR count). The van der Waals surface area contributed by atoms with Crippen LogP contribution in [0.25, 0.3) is 0 Å². The number of ether oxygens (including phenoxy) is 2. The first-order valence-corrected chi connectivity index (χ1v) is 5.35. The van der Waals surface area contributed by atoms with E-state index in [1.165, 1.54) is 0 Å². The van der Waals surface area contributed by atoms with Crippen LogP contribution in [0.4, 0.5) is 5.69 Å². The molecular formula is C11H14ClNO2. The molecule has 0 radical (unpaired) electrons. The third-order valence-corrected chi connectivity index (χ3v) is 2.76. The summed E-state index contributed by atoms with van der Waals surface area (Å²) in [5.74, 6) is 0.695. The van der Waals surface area contributed by atoms with Crippen LogP contribution in [0.5, 0.6) is 5.75 Å². The zero-order valence-electron chi connectivity index (χ0n) is 8.63. The third-order valence-electron chi connectivity index (χ3n) is 2.45. The number of hydrogen-bond acceptors (Lipinski definition) is 3. The first kappa shape index (κ1) is 10.6. The maximum Gasteiger partial charge on any atom is 0.139 e. The van der Waals surface area contributed by atoms with Crippen LogP contribution < -0.4 is 10.1 Å². The minimum Gasteiger partial charge on any atom is -0.495 e. The van der Waals surface area contributed by atoms with Crippen LogP contribution in [0.3, 0.4) is 0 Å². The number of anilines is 1. The minimum absolute atomic E-state index is 0.399. The fourth-order valence-corrected chi connectivity index (χ4v) is 1.83. The van der Waals surface area contributed by atoms with Crippen LogP contribution in [0.2, 0.25) is 5.02 Å². The Bertz CT molecular complexity index is 337. The molecule has 1 atom stereocenters. The quantitative estimate of drug-likeness (QED) is 0.861. The SMILES string of the molecule is COc1cc(NC2CCOC2)ccc1Cl. The Morgan fingerprint density at radius 3 is 3.07 bits per heavy atom. The van der Waals surface area contributed by atoms with Gasteiger partial charge < -0.3 is 14.8 Å². The van der Waals surface area contributed by atoms with Crippen molar-refractivity contribution in [3.8, 4) is 5.75 Å². The number of methoxy groups -OCH3 is 1. The fraction of sp³-hybridized carbons (Fsp3) is 0.455. The van der Waals surface area contributed by atoms with Crippen LogP contribution in [-0.4, -0.2) is 26.4 Å². The molecule has 0 saturated carbocycles. The summed E-state index contributed by atoms with van der Waals surface area (Å²) in [6.45, 7) is 1.60. The van der Waals surface area contributed by atoms with Crippen molar-refractivity contribution < 1.29 is 9.47 Å². The molecule has 1 aliphatic heterocycles. The summed E-state index contributed by atoms with van der Waals surface area (Å²) in [5.41, 5.74) is 1.02. The summed E-state index contributed by atoms with van der Waals surface area (Å²) >= 11 is 5.94. The molecule has 0 aliphatic carbocycles. The summed E-state index contributed by atoms with van der Waals surface area (Å²) in [6, 6.07) is 6.08. The highest BCUT2D eigenvalue weighted by Crippen LogP contribution is 2.28. The molecule has 3 nitrogen and oxygen atoms in total. The van der Waals surface area contributed by atoms with E-state index in [-0.39, 0.29) is 0 Å². The molecule has 4 heteroatoms. The van der Waals surface area contributed by atoms with Gasteiger partial charge in [-0.25, -0.2) is 0 Å². The summed E-state index contributed by atoms with van der Waals surface area (Å²) in [7, 11) is 1.61. The standard InChI is InChI=1S/C11H14ClNO2/c1-14-11-6-8(2-3-10(11)12)13-9-4-5-15-7-9/h2-3,6,9,13H,4-5,7H2,1H3. The monoisotopic (exact) mass is 227 g/mol. The van der Waals surface area contributed by atoms with E-state index in [4.69, 9.17) is 21.1 Å². The van der Waals surface area contributed by atoms with Crippen molar-refractivity contribution in [1.29, 1.82) is 0 Å². The maximum atomic E-state index is 5.94. The van der Waals surface area contributed by atoms with Crippen LogP contribution >= 0.6 is 11.6 Å². The number of nitrogens with one attached hydrogen (secondary N) is 1. The second-order valence-corrected chi connectivity index (χ2v) is 3.96. The molecule has 15 heavy (non-hydrogen) atoms. The highest BCUT2D eigenvalue weighted by Gasteiger charge is 2.15. The van der Waals surface area contributed by atoms with Crippen molar-refractivity contribution in [2.75, 3.05) is 25.6 Å². The average Bonchev–Trinajstić information content (AvgIpc) is 2.73. The normalized spacial score (nSPS) is 20.3. The van der Waals surface area contributed by atoms with E-state index in [1.54, 1.807) is 7.11 Å². The van der Waals surface area contributed by atoms with E-state index < -0.39 is 0 Å². The zero-order valence-corrected chi connectivity index (χ0v) is 9.38. The summed E-state index contributed by atoms with van der Waals surface area (Å²) < 4.78 is 10.4. The van der Waals surface area contributed by atoms with Crippen molar-refractivity contribution in [2.45, 2.75) is 12.5 Å². The molecule has 82 valence electrons. The predicted molar refractivity (Wildman–Crippen MR) is 60.9 cm³/mol. The molecule has 1 aliphatic rings. The largest absolute Gasteiger partial charge is 0.495 e. The Balaban J connectivity index is 2.07. The van der Waals surface area contributed by atoms with E-state index in [1.807, 2.05) is 18.2 Å². The summed E-state index contributed by atoms with van der Waals surface area (Å²) in [4.78, 5) is 0. The topological polar surface area (TPSA) is 30.5 Å². The molecule has 1 saturated heterocycles. The Morgan fingerprint density at radius 2 is 2.40 bits per heavy atom. The van der Waals surface area contributed by atoms with Gasteiger partial charge >= 0.3 is 0 Å². The molecule has 1 aromatic rings. The number of rotatable bonds is 3. The fourth-order valence-electron chi connectivity index (χ4n) is 1.63. The molecule has 0 spiro atoms. The van der Waals surface area contributed by atoms with Gasteiger partial charge in [0.05, 0.1) is 24.8 Å². The van der Waals surface area contributed by atoms with Gasteiger partial charge in [0.1, 0.15) is 5.75 Å². The van der Waals surface area contributed by atoms with Gasteiger partial charge in [0.25, 0.3) is 0 Å². The lowest BCUT2D eigenvalue weighted by molar-refractivity contribution is 0.195. The van der Waals surface area contributed by atoms with Crippen molar-refractivity contribution in [3.05, 3.63) is 23.2 Å². The second kappa shape index (κ2) is 4.73. The van der Waals surface area contributed by atoms with E-state index in [0.717, 1.165) is 25.3 Å². The number of hydrogen-bond donors (Lipinski definition) is 1. The maximum absolute atomic E-state index is 5.94. The zero-order chi connectivity index (χ0) is 10.7. The van der Waals surface area contributed by atoms with Crippen molar-refractivity contribution >= 4 is 17.3 Å². The number of halogens is 1. The van der Waals surface area contributed by atoms with Crippen LogP contribution in [0.1, 0.15) is 6.42 Å². The lowest BCUT2D eigenvalue weighted by Crippen LogP contribution is -2.18. The Kier molecular flexibility index (Phi) is 3.34. The average molecular weight is 228 g/mol. The van der Waals surface area contributed by atoms with E-state index in [9.17, 15) is 0 Å². The minimum atomic E-state index is 0.399. The van der Waals surface area contributed by atoms with E-state index >= 15 is 0 Å². The van der Waals surface area contributed by atoms with Gasteiger partial charge in [-0.1, -0.05) is 11.6 Å². The Hall–Kier alpha value is -0.930. The van der Waals surface area contributed by atoms with E-state index in [0.29, 0.717) is 16.8 Å². The van der Waals surface area contributed by atoms with Gasteiger partial charge in [0, 0.05) is 18.4 Å². The molecule has 1 aromatic carbocycles. The summed E-state index contributed by atoms with van der Waals surface area (Å²) in [5, 5.41) is 4.01. The van der Waals surface area contributed by atoms with Crippen molar-refractivity contribution in [1.82, 2.24) is 0 Å². The molecule has 1 heterocycles. The molecule has 0 bridgehead atoms. The first-order valence-electron chi connectivity index (χ1n) is 4.97. The van der Waals surface area contributed by atoms with Crippen LogP contribution in [0, 0.1) is 0 Å². The van der Waals surface area contributed by atoms with E-state index in [2.05, 4.69) is 5.32 Å². The summed E-state index contributed by atoms with van der Waals surface area (Å²) in [6.07, 6.45) is 1.05. The van der Waals surface area contributed by atoms with Gasteiger partial charge in [-0.2, -0.15) is 0 Å². The highest BCUT2D eigenvalue weighted by atomic mass is 35.5. The lowest BCUT2D eigenvalue weighted by Gasteiger charge is -2.13. The van der Waals surface area contributed by atoms with Crippen molar-refractivity contribution in [2.24, 2.45) is 0 Å². The first-order chi connectivity index (χ1) is 7.29. The Morgan fingerprint density at radius 1 is 1.53 bits per heavy atom. The molecule has 1 N–H and O–H groups in total. The molecule has 0 amide bonds. The molecule has 1 fully saturated rings.